The number of carbonyl (C=O) groups excluding carboxylic acids is 1. The Hall–Kier alpha value is -2.87. The van der Waals surface area contributed by atoms with Crippen LogP contribution in [0.4, 0.5) is 5.69 Å². The van der Waals surface area contributed by atoms with Gasteiger partial charge in [-0.15, -0.1) is 0 Å². The van der Waals surface area contributed by atoms with Crippen molar-refractivity contribution in [3.8, 4) is 17.1 Å². The molecule has 0 aliphatic heterocycles. The van der Waals surface area contributed by atoms with Gasteiger partial charge in [-0.25, -0.2) is 4.79 Å². The fourth-order valence-corrected chi connectivity index (χ4v) is 2.19. The van der Waals surface area contributed by atoms with Gasteiger partial charge in [0, 0.05) is 17.5 Å². The molecule has 0 saturated heterocycles. The second kappa shape index (κ2) is 7.80. The highest BCUT2D eigenvalue weighted by Gasteiger charge is 2.16. The van der Waals surface area contributed by atoms with Gasteiger partial charge in [0.2, 0.25) is 11.7 Å². The lowest BCUT2D eigenvalue weighted by molar-refractivity contribution is -0.122. The van der Waals surface area contributed by atoms with E-state index in [4.69, 9.17) is 26.5 Å². The van der Waals surface area contributed by atoms with E-state index in [0.717, 1.165) is 0 Å². The van der Waals surface area contributed by atoms with Gasteiger partial charge in [0.05, 0.1) is 12.8 Å². The van der Waals surface area contributed by atoms with Crippen LogP contribution in [-0.2, 0) is 4.79 Å². The van der Waals surface area contributed by atoms with E-state index >= 15 is 0 Å². The van der Waals surface area contributed by atoms with E-state index in [1.165, 1.54) is 13.2 Å². The van der Waals surface area contributed by atoms with Crippen LogP contribution in [-0.4, -0.2) is 29.2 Å². The summed E-state index contributed by atoms with van der Waals surface area (Å²) >= 11 is 5.16. The summed E-state index contributed by atoms with van der Waals surface area (Å²) < 4.78 is 10.5. The quantitative estimate of drug-likeness (QED) is 0.703. The number of carbonyl (C=O) groups is 2. The number of furan rings is 1. The molecular formula is C17H18N2O5S. The molecule has 2 aromatic rings. The van der Waals surface area contributed by atoms with Gasteiger partial charge in [-0.1, -0.05) is 13.8 Å². The lowest BCUT2D eigenvalue weighted by atomic mass is 10.1. The number of thiocarbonyl (C=S) groups is 1. The highest BCUT2D eigenvalue weighted by Crippen LogP contribution is 2.32. The summed E-state index contributed by atoms with van der Waals surface area (Å²) in [5.41, 5.74) is 1.09. The van der Waals surface area contributed by atoms with E-state index in [9.17, 15) is 9.59 Å². The second-order valence-corrected chi connectivity index (χ2v) is 5.89. The summed E-state index contributed by atoms with van der Waals surface area (Å²) in [7, 11) is 1.52. The minimum Gasteiger partial charge on any atom is -0.497 e. The van der Waals surface area contributed by atoms with E-state index in [-0.39, 0.29) is 22.7 Å². The van der Waals surface area contributed by atoms with Gasteiger partial charge in [-0.2, -0.15) is 0 Å². The van der Waals surface area contributed by atoms with Crippen molar-refractivity contribution in [1.82, 2.24) is 5.32 Å². The Bertz CT molecular complexity index is 813. The number of ether oxygens (including phenoxy) is 1. The van der Waals surface area contributed by atoms with Crippen molar-refractivity contribution in [2.24, 2.45) is 5.92 Å². The molecule has 0 unspecified atom stereocenters. The predicted octanol–water partition coefficient (Wildman–Crippen LogP) is 3.12. The van der Waals surface area contributed by atoms with Crippen molar-refractivity contribution in [2.45, 2.75) is 13.8 Å². The lowest BCUT2D eigenvalue weighted by Crippen LogP contribution is -2.36. The number of hydrogen-bond acceptors (Lipinski definition) is 5. The van der Waals surface area contributed by atoms with Gasteiger partial charge in [-0.3, -0.25) is 4.79 Å². The van der Waals surface area contributed by atoms with Crippen LogP contribution >= 0.6 is 12.2 Å². The normalized spacial score (nSPS) is 10.4. The first-order valence-corrected chi connectivity index (χ1v) is 7.86. The maximum Gasteiger partial charge on any atom is 0.371 e. The molecule has 0 fully saturated rings. The summed E-state index contributed by atoms with van der Waals surface area (Å²) in [6, 6.07) is 8.00. The van der Waals surface area contributed by atoms with Crippen LogP contribution < -0.4 is 15.4 Å². The van der Waals surface area contributed by atoms with Crippen LogP contribution in [0.3, 0.4) is 0 Å². The molecule has 1 aromatic carbocycles. The molecule has 132 valence electrons. The fourth-order valence-electron chi connectivity index (χ4n) is 1.98. The van der Waals surface area contributed by atoms with Gasteiger partial charge < -0.3 is 24.9 Å². The number of carboxylic acids is 1. The third-order valence-corrected chi connectivity index (χ3v) is 3.52. The number of amides is 1. The molecule has 25 heavy (non-hydrogen) atoms. The van der Waals surface area contributed by atoms with Crippen molar-refractivity contribution in [3.05, 3.63) is 36.1 Å². The van der Waals surface area contributed by atoms with Crippen molar-refractivity contribution in [3.63, 3.8) is 0 Å². The number of benzene rings is 1. The summed E-state index contributed by atoms with van der Waals surface area (Å²) in [6.07, 6.45) is 0. The Morgan fingerprint density at radius 2 is 1.96 bits per heavy atom. The maximum absolute atomic E-state index is 11.8. The number of aromatic carboxylic acids is 1. The Morgan fingerprint density at radius 1 is 1.24 bits per heavy atom. The van der Waals surface area contributed by atoms with Gasteiger partial charge in [0.1, 0.15) is 11.5 Å². The third-order valence-electron chi connectivity index (χ3n) is 3.32. The molecule has 1 heterocycles. The molecule has 0 radical (unpaired) electrons. The first kappa shape index (κ1) is 18.5. The van der Waals surface area contributed by atoms with E-state index in [0.29, 0.717) is 22.8 Å². The number of rotatable bonds is 5. The van der Waals surface area contributed by atoms with E-state index in [1.807, 2.05) is 0 Å². The predicted molar refractivity (Wildman–Crippen MR) is 96.9 cm³/mol. The SMILES string of the molecule is COc1ccc(-c2ccc(C(=O)O)o2)c(NC(=S)NC(=O)C(C)C)c1. The topological polar surface area (TPSA) is 101 Å². The number of methoxy groups -OCH3 is 1. The first-order valence-electron chi connectivity index (χ1n) is 7.45. The fraction of sp³-hybridized carbons (Fsp3) is 0.235. The number of carboxylic acid groups (broad SMARTS) is 1. The smallest absolute Gasteiger partial charge is 0.371 e. The zero-order chi connectivity index (χ0) is 18.6. The molecule has 1 aromatic heterocycles. The molecule has 1 amide bonds. The highest BCUT2D eigenvalue weighted by molar-refractivity contribution is 7.80. The van der Waals surface area contributed by atoms with Crippen molar-refractivity contribution in [2.75, 3.05) is 12.4 Å². The van der Waals surface area contributed by atoms with Crippen LogP contribution in [0.5, 0.6) is 5.75 Å². The van der Waals surface area contributed by atoms with Gasteiger partial charge in [0.15, 0.2) is 5.11 Å². The van der Waals surface area contributed by atoms with Crippen LogP contribution in [0.2, 0.25) is 0 Å². The zero-order valence-electron chi connectivity index (χ0n) is 14.0. The molecule has 0 aliphatic rings. The molecule has 8 heteroatoms. The van der Waals surface area contributed by atoms with Crippen LogP contribution in [0.25, 0.3) is 11.3 Å². The summed E-state index contributed by atoms with van der Waals surface area (Å²) in [5, 5.41) is 14.6. The van der Waals surface area contributed by atoms with Crippen molar-refractivity contribution < 1.29 is 23.8 Å². The number of hydrogen-bond donors (Lipinski definition) is 3. The average molecular weight is 362 g/mol. The standard InChI is InChI=1S/C17H18N2O5S/c1-9(2)15(20)19-17(25)18-12-8-10(23-3)4-5-11(12)13-6-7-14(24-13)16(21)22/h4-9H,1-3H3,(H,21,22)(H2,18,19,20,25). The van der Waals surface area contributed by atoms with E-state index in [1.54, 1.807) is 38.1 Å². The molecule has 3 N–H and O–H groups in total. The lowest BCUT2D eigenvalue weighted by Gasteiger charge is -2.14. The van der Waals surface area contributed by atoms with Gasteiger partial charge in [0.25, 0.3) is 0 Å². The monoisotopic (exact) mass is 362 g/mol. The van der Waals surface area contributed by atoms with E-state index < -0.39 is 5.97 Å². The minimum absolute atomic E-state index is 0.123. The molecule has 2 rings (SSSR count). The summed E-state index contributed by atoms with van der Waals surface area (Å²) in [6.45, 7) is 3.51. The Morgan fingerprint density at radius 3 is 2.52 bits per heavy atom. The maximum atomic E-state index is 11.8. The second-order valence-electron chi connectivity index (χ2n) is 5.48. The van der Waals surface area contributed by atoms with Crippen molar-refractivity contribution >= 4 is 34.9 Å². The Labute approximate surface area is 150 Å². The van der Waals surface area contributed by atoms with Crippen LogP contribution in [0.1, 0.15) is 24.4 Å². The van der Waals surface area contributed by atoms with Crippen LogP contribution in [0.15, 0.2) is 34.7 Å². The molecule has 0 aliphatic carbocycles. The number of nitrogens with one attached hydrogen (secondary N) is 2. The molecule has 0 saturated carbocycles. The molecule has 0 bridgehead atoms. The zero-order valence-corrected chi connectivity index (χ0v) is 14.8. The van der Waals surface area contributed by atoms with E-state index in [2.05, 4.69) is 10.6 Å². The van der Waals surface area contributed by atoms with Gasteiger partial charge >= 0.3 is 5.97 Å². The van der Waals surface area contributed by atoms with Crippen LogP contribution in [0, 0.1) is 5.92 Å². The largest absolute Gasteiger partial charge is 0.497 e. The summed E-state index contributed by atoms with van der Waals surface area (Å²) in [4.78, 5) is 22.7. The Kier molecular flexibility index (Phi) is 5.76. The molecule has 0 atom stereocenters. The van der Waals surface area contributed by atoms with Crippen molar-refractivity contribution in [1.29, 1.82) is 0 Å². The van der Waals surface area contributed by atoms with Gasteiger partial charge in [-0.05, 0) is 36.5 Å². The summed E-state index contributed by atoms with van der Waals surface area (Å²) in [5.74, 6) is -0.850. The Balaban J connectivity index is 2.32. The number of anilines is 1. The average Bonchev–Trinajstić information content (AvgIpc) is 3.04. The molecule has 0 spiro atoms. The first-order chi connectivity index (χ1) is 11.8. The molecule has 7 nitrogen and oxygen atoms in total. The molecular weight excluding hydrogens is 344 g/mol. The highest BCUT2D eigenvalue weighted by atomic mass is 32.1. The minimum atomic E-state index is -1.16. The third kappa shape index (κ3) is 4.57.